The summed E-state index contributed by atoms with van der Waals surface area (Å²) >= 11 is 0. The van der Waals surface area contributed by atoms with Gasteiger partial charge in [0.2, 0.25) is 53.2 Å². The maximum Gasteiger partial charge on any atom is 0.326 e. The molecule has 0 fully saturated rings. The number of nitrogens with zero attached hydrogens (tertiary/aromatic N) is 2. The Morgan fingerprint density at radius 1 is 0.527 bits per heavy atom. The number of guanidine groups is 2. The smallest absolute Gasteiger partial charge is 0.326 e. The second kappa shape index (κ2) is 41.2. The number of rotatable bonds is 44. The van der Waals surface area contributed by atoms with E-state index in [9.17, 15) is 63.3 Å². The summed E-state index contributed by atoms with van der Waals surface area (Å²) in [5.41, 5.74) is 40.6. The highest BCUT2D eigenvalue weighted by Crippen LogP contribution is 2.20. The van der Waals surface area contributed by atoms with Crippen LogP contribution in [0.1, 0.15) is 131 Å². The fourth-order valence-corrected chi connectivity index (χ4v) is 9.57. The van der Waals surface area contributed by atoms with Crippen LogP contribution in [0.15, 0.2) is 40.4 Å². The van der Waals surface area contributed by atoms with Crippen molar-refractivity contribution in [3.8, 4) is 0 Å². The quantitative estimate of drug-likeness (QED) is 0.0171. The van der Waals surface area contributed by atoms with Crippen LogP contribution in [0.5, 0.6) is 0 Å². The van der Waals surface area contributed by atoms with Crippen LogP contribution in [-0.4, -0.2) is 191 Å². The first-order chi connectivity index (χ1) is 43.0. The lowest BCUT2D eigenvalue weighted by atomic mass is 9.96. The second-order valence-corrected chi connectivity index (χ2v) is 23.5. The van der Waals surface area contributed by atoms with Crippen LogP contribution in [0.3, 0.4) is 0 Å². The van der Waals surface area contributed by atoms with Gasteiger partial charge in [-0.1, -0.05) is 66.2 Å². The standard InChI is InChI=1S/C59H103N19O13/c1-8-33(6)46(77-48(81)37(62)18-15-25-67-58(63)64)55(88)71-40(22-16-26-68-59(65)66)50(83)78-47(34(7)80)56(89)74-43(28-35-29-69-38-19-10-9-17-36(35)38)51(84)70-39(20-11-13-23-60)49(82)75-44(30-79)53(86)73-42(27-31(2)3)52(85)76-45(32(4)5)54(87)72-41(57(90)91)21-12-14-24-61/h9-10,17,19,29,31-34,37,39-47,69,79-80H,8,11-16,18,20-28,30,60-62H2,1-7H3,(H,70,84)(H,71,88)(H,72,87)(H,73,86)(H,74,89)(H,75,82)(H,76,85)(H,77,81)(H,78,83)(H,90,91)(H4,63,64,67)(H4,65,66,68)/t33-,34+,37-,39-,40-,41-,42-,43-,44-,45-,46-,47-/m0/s1. The molecule has 1 aromatic heterocycles. The molecular weight excluding hydrogens is 1180 g/mol. The highest BCUT2D eigenvalue weighted by Gasteiger charge is 2.38. The number of hydrogen-bond donors (Lipinski definition) is 20. The molecule has 9 amide bonds. The van der Waals surface area contributed by atoms with Crippen LogP contribution < -0.4 is 88.0 Å². The topological polar surface area (TPSA) is 562 Å². The summed E-state index contributed by atoms with van der Waals surface area (Å²) < 4.78 is 0. The number of nitrogens with one attached hydrogen (secondary N) is 10. The average molecular weight is 1290 g/mol. The van der Waals surface area contributed by atoms with Gasteiger partial charge >= 0.3 is 5.97 Å². The molecule has 0 radical (unpaired) electrons. The van der Waals surface area contributed by atoms with Gasteiger partial charge < -0.3 is 108 Å². The molecule has 0 bridgehead atoms. The van der Waals surface area contributed by atoms with Crippen molar-refractivity contribution in [1.29, 1.82) is 0 Å². The number of fused-ring (bicyclic) bond motifs is 1. The van der Waals surface area contributed by atoms with E-state index in [1.54, 1.807) is 72.0 Å². The van der Waals surface area contributed by atoms with Gasteiger partial charge in [0, 0.05) is 36.6 Å². The van der Waals surface area contributed by atoms with Crippen LogP contribution in [-0.2, 0) is 54.4 Å². The number of carbonyl (C=O) groups is 10. The molecule has 32 heteroatoms. The summed E-state index contributed by atoms with van der Waals surface area (Å²) in [5.74, 6) is -10.9. The summed E-state index contributed by atoms with van der Waals surface area (Å²) in [4.78, 5) is 150. The van der Waals surface area contributed by atoms with Crippen LogP contribution in [0.25, 0.3) is 10.9 Å². The number of nitrogens with two attached hydrogens (primary N) is 7. The fourth-order valence-electron chi connectivity index (χ4n) is 9.57. The summed E-state index contributed by atoms with van der Waals surface area (Å²) in [5, 5.41) is 55.5. The van der Waals surface area contributed by atoms with E-state index >= 15 is 0 Å². The molecule has 2 aromatic rings. The molecule has 27 N–H and O–H groups in total. The van der Waals surface area contributed by atoms with Gasteiger partial charge in [0.05, 0.1) is 18.8 Å². The summed E-state index contributed by atoms with van der Waals surface area (Å²) in [6, 6.07) is -6.97. The first kappa shape index (κ1) is 78.9. The second-order valence-electron chi connectivity index (χ2n) is 23.5. The number of aliphatic imine (C=N–C) groups is 2. The molecule has 0 unspecified atom stereocenters. The molecule has 0 spiro atoms. The molecule has 1 aromatic carbocycles. The van der Waals surface area contributed by atoms with Crippen molar-refractivity contribution >= 4 is 82.0 Å². The van der Waals surface area contributed by atoms with Crippen molar-refractivity contribution in [2.45, 2.75) is 198 Å². The third-order valence-corrected chi connectivity index (χ3v) is 15.0. The van der Waals surface area contributed by atoms with Gasteiger partial charge in [-0.3, -0.25) is 53.1 Å². The summed E-state index contributed by atoms with van der Waals surface area (Å²) in [7, 11) is 0. The number of aromatic amines is 1. The number of carbonyl (C=O) groups excluding carboxylic acids is 9. The number of aliphatic carboxylic acids is 1. The van der Waals surface area contributed by atoms with Gasteiger partial charge in [-0.25, -0.2) is 4.79 Å². The van der Waals surface area contributed by atoms with Crippen molar-refractivity contribution in [2.75, 3.05) is 32.8 Å². The van der Waals surface area contributed by atoms with E-state index in [0.29, 0.717) is 55.1 Å². The first-order valence-corrected chi connectivity index (χ1v) is 31.1. The summed E-state index contributed by atoms with van der Waals surface area (Å²) in [6.45, 7) is 11.2. The van der Waals surface area contributed by atoms with Crippen molar-refractivity contribution in [1.82, 2.24) is 52.8 Å². The Labute approximate surface area is 531 Å². The molecule has 0 aliphatic rings. The highest BCUT2D eigenvalue weighted by atomic mass is 16.4. The zero-order valence-corrected chi connectivity index (χ0v) is 53.6. The van der Waals surface area contributed by atoms with E-state index in [4.69, 9.17) is 40.1 Å². The van der Waals surface area contributed by atoms with Crippen LogP contribution in [0, 0.1) is 17.8 Å². The lowest BCUT2D eigenvalue weighted by Crippen LogP contribution is -2.62. The van der Waals surface area contributed by atoms with Gasteiger partial charge in [0.15, 0.2) is 11.9 Å². The number of aliphatic hydroxyl groups is 2. The average Bonchev–Trinajstić information content (AvgIpc) is 2.06. The molecule has 0 saturated carbocycles. The molecule has 91 heavy (non-hydrogen) atoms. The van der Waals surface area contributed by atoms with Gasteiger partial charge in [-0.05, 0) is 120 Å². The van der Waals surface area contributed by atoms with Crippen molar-refractivity contribution in [2.24, 2.45) is 67.9 Å². The summed E-state index contributed by atoms with van der Waals surface area (Å²) in [6.07, 6.45) is 2.27. The normalized spacial score (nSPS) is 15.3. The van der Waals surface area contributed by atoms with E-state index in [-0.39, 0.29) is 88.8 Å². The van der Waals surface area contributed by atoms with Gasteiger partial charge in [-0.15, -0.1) is 0 Å². The molecule has 0 aliphatic heterocycles. The molecular formula is C59H103N19O13. The molecule has 12 atom stereocenters. The Hall–Kier alpha value is -8.20. The number of amides is 9. The molecule has 32 nitrogen and oxygen atoms in total. The molecule has 0 saturated heterocycles. The number of aromatic nitrogens is 1. The first-order valence-electron chi connectivity index (χ1n) is 31.1. The van der Waals surface area contributed by atoms with Crippen LogP contribution in [0.2, 0.25) is 0 Å². The lowest BCUT2D eigenvalue weighted by Gasteiger charge is -2.30. The number of para-hydroxylation sites is 1. The number of carboxylic acids is 1. The number of hydrogen-bond acceptors (Lipinski definition) is 17. The number of unbranched alkanes of at least 4 members (excludes halogenated alkanes) is 2. The van der Waals surface area contributed by atoms with Gasteiger partial charge in [-0.2, -0.15) is 0 Å². The molecule has 1 heterocycles. The van der Waals surface area contributed by atoms with Crippen LogP contribution in [0.4, 0.5) is 0 Å². The maximum atomic E-state index is 14.8. The number of H-pyrrole nitrogens is 1. The third-order valence-electron chi connectivity index (χ3n) is 15.0. The Balaban J connectivity index is 2.53. The highest BCUT2D eigenvalue weighted by molar-refractivity contribution is 5.99. The largest absolute Gasteiger partial charge is 0.480 e. The minimum Gasteiger partial charge on any atom is -0.480 e. The number of carboxylic acid groups (broad SMARTS) is 1. The maximum absolute atomic E-state index is 14.8. The monoisotopic (exact) mass is 1290 g/mol. The Morgan fingerprint density at radius 3 is 1.51 bits per heavy atom. The fraction of sp³-hybridized carbons (Fsp3) is 0.661. The Kier molecular flexibility index (Phi) is 35.8. The van der Waals surface area contributed by atoms with Crippen molar-refractivity contribution < 1.29 is 63.3 Å². The van der Waals surface area contributed by atoms with Gasteiger partial charge in [0.25, 0.3) is 0 Å². The van der Waals surface area contributed by atoms with E-state index in [2.05, 4.69) is 62.8 Å². The minimum atomic E-state index is -1.80. The zero-order valence-electron chi connectivity index (χ0n) is 53.6. The van der Waals surface area contributed by atoms with E-state index in [0.717, 1.165) is 0 Å². The van der Waals surface area contributed by atoms with Crippen LogP contribution >= 0.6 is 0 Å². The number of aliphatic hydroxyl groups excluding tert-OH is 2. The zero-order chi connectivity index (χ0) is 68.5. The van der Waals surface area contributed by atoms with Crippen molar-refractivity contribution in [3.05, 3.63) is 36.0 Å². The Bertz CT molecular complexity index is 2730. The third kappa shape index (κ3) is 28.2. The van der Waals surface area contributed by atoms with E-state index in [1.807, 2.05) is 0 Å². The molecule has 2 rings (SSSR count). The molecule has 512 valence electrons. The van der Waals surface area contributed by atoms with Gasteiger partial charge in [0.1, 0.15) is 54.4 Å². The predicted octanol–water partition coefficient (Wildman–Crippen LogP) is -4.03. The minimum absolute atomic E-state index is 0.0162. The van der Waals surface area contributed by atoms with E-state index in [1.165, 1.54) is 6.92 Å². The SMILES string of the molecule is CC[C@H](C)[C@H](NC(=O)[C@@H](N)CCCN=C(N)N)C(=O)N[C@@H](CCCN=C(N)N)C(=O)N[C@H](C(=O)N[C@@H](Cc1c[nH]c2ccccc12)C(=O)N[C@@H](CCCCN)C(=O)N[C@@H](CO)C(=O)N[C@@H](CC(C)C)C(=O)N[C@H](C(=O)N[C@@H](CCCCN)C(=O)O)C(C)C)[C@@H](C)O. The number of benzene rings is 1. The van der Waals surface area contributed by atoms with E-state index < -0.39 is 144 Å². The molecule has 0 aliphatic carbocycles. The Morgan fingerprint density at radius 2 is 0.967 bits per heavy atom. The van der Waals surface area contributed by atoms with Crippen molar-refractivity contribution in [3.63, 3.8) is 0 Å². The lowest BCUT2D eigenvalue weighted by molar-refractivity contribution is -0.143. The predicted molar refractivity (Wildman–Crippen MR) is 343 cm³/mol.